The molecule has 0 radical (unpaired) electrons. The quantitative estimate of drug-likeness (QED) is 0.318. The predicted molar refractivity (Wildman–Crippen MR) is 133 cm³/mol. The number of thiazole rings is 1. The zero-order chi connectivity index (χ0) is 35.2. The highest BCUT2D eigenvalue weighted by molar-refractivity contribution is 7.09. The summed E-state index contributed by atoms with van der Waals surface area (Å²) in [7, 11) is 1.69. The number of hydrogen-bond acceptors (Lipinski definition) is 10. The fraction of sp³-hybridized carbons (Fsp3) is 0.682. The van der Waals surface area contributed by atoms with E-state index in [-0.39, 0.29) is 5.92 Å². The van der Waals surface area contributed by atoms with Crippen LogP contribution in [-0.2, 0) is 30.5 Å². The van der Waals surface area contributed by atoms with E-state index in [0.717, 1.165) is 44.3 Å². The number of aliphatic carboxylic acids is 4. The van der Waals surface area contributed by atoms with Gasteiger partial charge in [0.25, 0.3) is 0 Å². The Hall–Kier alpha value is -3.28. The first-order valence-corrected chi connectivity index (χ1v) is 13.1. The highest BCUT2D eigenvalue weighted by Gasteiger charge is 2.40. The first-order valence-electron chi connectivity index (χ1n) is 12.2. The van der Waals surface area contributed by atoms with Crippen molar-refractivity contribution >= 4 is 35.2 Å². The van der Waals surface area contributed by atoms with Gasteiger partial charge in [-0.1, -0.05) is 0 Å². The number of methoxy groups -OCH3 is 1. The summed E-state index contributed by atoms with van der Waals surface area (Å²) in [5, 5.41) is 34.1. The van der Waals surface area contributed by atoms with Gasteiger partial charge in [-0.05, 0) is 0 Å². The van der Waals surface area contributed by atoms with Gasteiger partial charge >= 0.3 is 42.4 Å². The van der Waals surface area contributed by atoms with Gasteiger partial charge in [-0.3, -0.25) is 19.5 Å². The van der Waals surface area contributed by atoms with E-state index in [1.807, 2.05) is 11.6 Å². The van der Waals surface area contributed by atoms with E-state index in [9.17, 15) is 49.4 Å². The van der Waals surface area contributed by atoms with Crippen molar-refractivity contribution in [3.8, 4) is 0 Å². The van der Waals surface area contributed by atoms with Gasteiger partial charge in [0.2, 0.25) is 0 Å². The highest BCUT2D eigenvalue weighted by atomic mass is 32.1. The molecule has 4 N–H and O–H groups in total. The number of aromatic nitrogens is 1. The van der Waals surface area contributed by atoms with Gasteiger partial charge in [-0.15, -0.1) is 11.3 Å². The Kier molecular flexibility index (Phi) is 17.3. The number of piperazine rings is 1. The van der Waals surface area contributed by atoms with E-state index >= 15 is 0 Å². The van der Waals surface area contributed by atoms with Crippen LogP contribution in [0.5, 0.6) is 0 Å². The Balaban J connectivity index is 0.000000753. The van der Waals surface area contributed by atoms with Crippen LogP contribution in [0.15, 0.2) is 11.6 Å². The molecule has 3 heterocycles. The minimum atomic E-state index is -5.08. The average molecular weight is 697 g/mol. The van der Waals surface area contributed by atoms with Crippen LogP contribution in [0.4, 0.5) is 39.5 Å². The SMILES string of the molecule is COCCN1CC(C(=O)O)CN2CCN(Cc3nccs3)CC2C1.O=C(O)C(F)(F)F.O=C(O)C(F)(F)F.O=C(O)C(F)(F)F. The molecule has 3 rings (SSSR count). The van der Waals surface area contributed by atoms with E-state index in [4.69, 9.17) is 34.4 Å². The summed E-state index contributed by atoms with van der Waals surface area (Å²) in [5.41, 5.74) is 0. The zero-order valence-electron chi connectivity index (χ0n) is 23.1. The monoisotopic (exact) mass is 696 g/mol. The van der Waals surface area contributed by atoms with Gasteiger partial charge < -0.3 is 25.2 Å². The summed E-state index contributed by atoms with van der Waals surface area (Å²) in [4.78, 5) is 49.7. The van der Waals surface area contributed by atoms with Crippen molar-refractivity contribution in [2.75, 3.05) is 59.5 Å². The molecule has 260 valence electrons. The smallest absolute Gasteiger partial charge is 0.481 e. The van der Waals surface area contributed by atoms with Crippen molar-refractivity contribution < 1.29 is 83.9 Å². The van der Waals surface area contributed by atoms with Crippen molar-refractivity contribution in [2.24, 2.45) is 5.92 Å². The average Bonchev–Trinajstić information content (AvgIpc) is 3.32. The molecule has 2 unspecified atom stereocenters. The number of carboxylic acid groups (broad SMARTS) is 4. The Labute approximate surface area is 252 Å². The van der Waals surface area contributed by atoms with Gasteiger partial charge in [0.15, 0.2) is 0 Å². The lowest BCUT2D eigenvalue weighted by Crippen LogP contribution is -2.55. The van der Waals surface area contributed by atoms with E-state index in [1.54, 1.807) is 18.4 Å². The number of halogens is 9. The third-order valence-electron chi connectivity index (χ3n) is 5.62. The van der Waals surface area contributed by atoms with Gasteiger partial charge in [0.1, 0.15) is 5.01 Å². The summed E-state index contributed by atoms with van der Waals surface area (Å²) in [6, 6.07) is 0.375. The molecule has 45 heavy (non-hydrogen) atoms. The maximum Gasteiger partial charge on any atom is 0.490 e. The molecule has 0 saturated carbocycles. The molecule has 1 aromatic heterocycles. The molecule has 0 spiro atoms. The summed E-state index contributed by atoms with van der Waals surface area (Å²) in [6.07, 6.45) is -13.4. The second kappa shape index (κ2) is 18.6. The minimum Gasteiger partial charge on any atom is -0.481 e. The van der Waals surface area contributed by atoms with Crippen molar-refractivity contribution in [1.82, 2.24) is 19.7 Å². The van der Waals surface area contributed by atoms with Crippen LogP contribution >= 0.6 is 11.3 Å². The number of ether oxygens (including phenoxy) is 1. The maximum absolute atomic E-state index is 11.6. The fourth-order valence-electron chi connectivity index (χ4n) is 3.62. The number of carbonyl (C=O) groups is 4. The molecule has 2 aliphatic heterocycles. The fourth-order valence-corrected chi connectivity index (χ4v) is 4.28. The molecular formula is C22H29F9N4O9S. The molecule has 0 amide bonds. The first-order chi connectivity index (χ1) is 20.5. The second-order valence-corrected chi connectivity index (χ2v) is 9.99. The second-order valence-electron chi connectivity index (χ2n) is 9.01. The van der Waals surface area contributed by atoms with Crippen LogP contribution in [0.25, 0.3) is 0 Å². The molecule has 2 aliphatic rings. The van der Waals surface area contributed by atoms with Crippen LogP contribution in [-0.4, -0.2) is 148 Å². The van der Waals surface area contributed by atoms with Gasteiger partial charge in [-0.2, -0.15) is 39.5 Å². The van der Waals surface area contributed by atoms with Crippen molar-refractivity contribution in [3.63, 3.8) is 0 Å². The third kappa shape index (κ3) is 17.7. The van der Waals surface area contributed by atoms with Crippen molar-refractivity contribution in [3.05, 3.63) is 16.6 Å². The number of alkyl halides is 9. The molecular weight excluding hydrogens is 667 g/mol. The van der Waals surface area contributed by atoms with E-state index in [1.165, 1.54) is 0 Å². The Morgan fingerprint density at radius 1 is 0.822 bits per heavy atom. The van der Waals surface area contributed by atoms with Crippen LogP contribution in [0.3, 0.4) is 0 Å². The topological polar surface area (TPSA) is 181 Å². The van der Waals surface area contributed by atoms with Gasteiger partial charge in [0, 0.05) is 70.5 Å². The number of fused-ring (bicyclic) bond motifs is 1. The van der Waals surface area contributed by atoms with Crippen LogP contribution < -0.4 is 0 Å². The standard InChI is InChI=1S/C16H26N4O3S.3C2HF3O2/c1-23-6-5-19-8-13(16(21)22)9-20-4-3-18(10-14(20)11-19)12-15-17-2-7-24-15;3*3-2(4,5)1(6)7/h2,7,13-14H,3-6,8-12H2,1H3,(H,21,22);3*(H,6,7). The number of rotatable bonds is 6. The highest BCUT2D eigenvalue weighted by Crippen LogP contribution is 2.21. The number of hydrogen-bond donors (Lipinski definition) is 4. The first kappa shape index (κ1) is 41.7. The summed E-state index contributed by atoms with van der Waals surface area (Å²) < 4.78 is 100. The molecule has 2 atom stereocenters. The molecule has 1 aromatic rings. The van der Waals surface area contributed by atoms with Gasteiger partial charge in [0.05, 0.1) is 19.1 Å². The Bertz CT molecular complexity index is 1020. The van der Waals surface area contributed by atoms with Crippen LogP contribution in [0.1, 0.15) is 5.01 Å². The zero-order valence-corrected chi connectivity index (χ0v) is 23.9. The van der Waals surface area contributed by atoms with Crippen molar-refractivity contribution in [2.45, 2.75) is 31.1 Å². The van der Waals surface area contributed by atoms with Crippen LogP contribution in [0.2, 0.25) is 0 Å². The molecule has 2 fully saturated rings. The largest absolute Gasteiger partial charge is 0.490 e. The lowest BCUT2D eigenvalue weighted by molar-refractivity contribution is -0.193. The molecule has 0 aliphatic carbocycles. The normalized spacial score (nSPS) is 19.6. The van der Waals surface area contributed by atoms with E-state index < -0.39 is 42.4 Å². The summed E-state index contributed by atoms with van der Waals surface area (Å²) in [5.74, 6) is -9.28. The predicted octanol–water partition coefficient (Wildman–Crippen LogP) is 2.19. The lowest BCUT2D eigenvalue weighted by atomic mass is 10.1. The maximum atomic E-state index is 11.6. The van der Waals surface area contributed by atoms with Gasteiger partial charge in [-0.25, -0.2) is 19.4 Å². The van der Waals surface area contributed by atoms with E-state index in [2.05, 4.69) is 19.7 Å². The molecule has 0 bridgehead atoms. The third-order valence-corrected chi connectivity index (χ3v) is 6.39. The van der Waals surface area contributed by atoms with Crippen molar-refractivity contribution in [1.29, 1.82) is 0 Å². The molecule has 13 nitrogen and oxygen atoms in total. The van der Waals surface area contributed by atoms with Crippen LogP contribution in [0, 0.1) is 5.92 Å². The number of nitrogens with zero attached hydrogens (tertiary/aromatic N) is 4. The summed E-state index contributed by atoms with van der Waals surface area (Å²) in [6.45, 7) is 7.35. The summed E-state index contributed by atoms with van der Waals surface area (Å²) >= 11 is 1.69. The molecule has 0 aromatic carbocycles. The number of carboxylic acids is 4. The van der Waals surface area contributed by atoms with E-state index in [0.29, 0.717) is 25.7 Å². The molecule has 23 heteroatoms. The molecule has 2 saturated heterocycles. The minimum absolute atomic E-state index is 0.322. The Morgan fingerprint density at radius 3 is 1.67 bits per heavy atom. The Morgan fingerprint density at radius 2 is 1.29 bits per heavy atom. The lowest BCUT2D eigenvalue weighted by Gasteiger charge is -2.41.